The average molecular weight is 238 g/mol. The highest BCUT2D eigenvalue weighted by molar-refractivity contribution is 7.17. The predicted molar refractivity (Wildman–Crippen MR) is 62.6 cm³/mol. The van der Waals surface area contributed by atoms with E-state index in [9.17, 15) is 4.79 Å². The second-order valence-corrected chi connectivity index (χ2v) is 4.56. The highest BCUT2D eigenvalue weighted by Crippen LogP contribution is 2.27. The summed E-state index contributed by atoms with van der Waals surface area (Å²) < 4.78 is 0. The third-order valence-corrected chi connectivity index (χ3v) is 3.33. The van der Waals surface area contributed by atoms with Crippen molar-refractivity contribution in [1.82, 2.24) is 4.98 Å². The van der Waals surface area contributed by atoms with Gasteiger partial charge in [-0.25, -0.2) is 4.98 Å². The lowest BCUT2D eigenvalue weighted by atomic mass is 10.2. The smallest absolute Gasteiger partial charge is 0.188 e. The summed E-state index contributed by atoms with van der Waals surface area (Å²) in [5.41, 5.74) is 1.03. The first-order valence-corrected chi connectivity index (χ1v) is 5.59. The maximum atomic E-state index is 11.1. The van der Waals surface area contributed by atoms with E-state index >= 15 is 0 Å². The van der Waals surface area contributed by atoms with Crippen molar-refractivity contribution in [3.63, 3.8) is 0 Å². The van der Waals surface area contributed by atoms with Crippen molar-refractivity contribution in [1.29, 1.82) is 0 Å². The third kappa shape index (κ3) is 2.25. The lowest BCUT2D eigenvalue weighted by molar-refractivity contribution is 0.101. The SMILES string of the molecule is CC(=O)c1ncc(-c2ccc(Cl)cc2)s1. The van der Waals surface area contributed by atoms with Crippen LogP contribution < -0.4 is 0 Å². The Morgan fingerprint density at radius 3 is 2.53 bits per heavy atom. The van der Waals surface area contributed by atoms with Gasteiger partial charge in [-0.05, 0) is 17.7 Å². The molecule has 0 atom stereocenters. The third-order valence-electron chi connectivity index (χ3n) is 1.94. The number of hydrogen-bond donors (Lipinski definition) is 0. The molecule has 1 aromatic heterocycles. The molecule has 76 valence electrons. The molecule has 0 aliphatic rings. The number of carbonyl (C=O) groups excluding carboxylic acids is 1. The summed E-state index contributed by atoms with van der Waals surface area (Å²) in [5.74, 6) is 0.000198. The Morgan fingerprint density at radius 2 is 2.00 bits per heavy atom. The quantitative estimate of drug-likeness (QED) is 0.746. The summed E-state index contributed by atoms with van der Waals surface area (Å²) in [6, 6.07) is 7.48. The van der Waals surface area contributed by atoms with Gasteiger partial charge in [-0.3, -0.25) is 4.79 Å². The molecule has 0 saturated heterocycles. The highest BCUT2D eigenvalue weighted by atomic mass is 35.5. The van der Waals surface area contributed by atoms with Gasteiger partial charge in [0.15, 0.2) is 10.8 Å². The summed E-state index contributed by atoms with van der Waals surface area (Å²) in [5, 5.41) is 1.25. The van der Waals surface area contributed by atoms with Gasteiger partial charge in [0.25, 0.3) is 0 Å². The Labute approximate surface area is 96.5 Å². The summed E-state index contributed by atoms with van der Waals surface area (Å²) in [6.45, 7) is 1.52. The van der Waals surface area contributed by atoms with Crippen LogP contribution in [0.15, 0.2) is 30.5 Å². The molecule has 2 aromatic rings. The Kier molecular flexibility index (Phi) is 2.84. The largest absolute Gasteiger partial charge is 0.292 e. The van der Waals surface area contributed by atoms with Gasteiger partial charge < -0.3 is 0 Å². The maximum Gasteiger partial charge on any atom is 0.188 e. The molecule has 0 amide bonds. The second kappa shape index (κ2) is 4.13. The standard InChI is InChI=1S/C11H8ClNOS/c1-7(14)11-13-6-10(15-11)8-2-4-9(12)5-3-8/h2-6H,1H3. The van der Waals surface area contributed by atoms with E-state index in [1.54, 1.807) is 6.20 Å². The fourth-order valence-electron chi connectivity index (χ4n) is 1.18. The molecule has 0 aliphatic heterocycles. The molecule has 0 bridgehead atoms. The summed E-state index contributed by atoms with van der Waals surface area (Å²) >= 11 is 7.18. The molecule has 0 aliphatic carbocycles. The van der Waals surface area contributed by atoms with E-state index in [-0.39, 0.29) is 5.78 Å². The number of hydrogen-bond acceptors (Lipinski definition) is 3. The van der Waals surface area contributed by atoms with Crippen LogP contribution in [-0.2, 0) is 0 Å². The zero-order valence-electron chi connectivity index (χ0n) is 8.03. The number of Topliss-reactive ketones (excluding diaryl/α,β-unsaturated/α-hetero) is 1. The van der Waals surface area contributed by atoms with E-state index in [2.05, 4.69) is 4.98 Å². The van der Waals surface area contributed by atoms with Crippen LogP contribution in [0.25, 0.3) is 10.4 Å². The molecule has 0 unspecified atom stereocenters. The van der Waals surface area contributed by atoms with Crippen molar-refractivity contribution in [2.75, 3.05) is 0 Å². The fourth-order valence-corrected chi connectivity index (χ4v) is 2.13. The van der Waals surface area contributed by atoms with E-state index in [0.717, 1.165) is 10.4 Å². The van der Waals surface area contributed by atoms with E-state index in [0.29, 0.717) is 10.0 Å². The lowest BCUT2D eigenvalue weighted by Gasteiger charge is -1.95. The van der Waals surface area contributed by atoms with Crippen molar-refractivity contribution >= 4 is 28.7 Å². The van der Waals surface area contributed by atoms with Crippen molar-refractivity contribution in [3.05, 3.63) is 40.5 Å². The number of carbonyl (C=O) groups is 1. The molecule has 0 fully saturated rings. The number of nitrogens with zero attached hydrogens (tertiary/aromatic N) is 1. The minimum absolute atomic E-state index is 0.000198. The fraction of sp³-hybridized carbons (Fsp3) is 0.0909. The lowest BCUT2D eigenvalue weighted by Crippen LogP contribution is -1.87. The Balaban J connectivity index is 2.37. The van der Waals surface area contributed by atoms with Gasteiger partial charge in [0.1, 0.15) is 0 Å². The highest BCUT2D eigenvalue weighted by Gasteiger charge is 2.07. The zero-order chi connectivity index (χ0) is 10.8. The van der Waals surface area contributed by atoms with Crippen LogP contribution in [0.4, 0.5) is 0 Å². The number of halogens is 1. The van der Waals surface area contributed by atoms with E-state index < -0.39 is 0 Å². The van der Waals surface area contributed by atoms with E-state index in [4.69, 9.17) is 11.6 Å². The first-order valence-electron chi connectivity index (χ1n) is 4.39. The summed E-state index contributed by atoms with van der Waals surface area (Å²) in [7, 11) is 0. The molecular weight excluding hydrogens is 230 g/mol. The van der Waals surface area contributed by atoms with Crippen molar-refractivity contribution < 1.29 is 4.79 Å². The molecule has 0 saturated carbocycles. The Morgan fingerprint density at radius 1 is 1.33 bits per heavy atom. The molecule has 15 heavy (non-hydrogen) atoms. The van der Waals surface area contributed by atoms with Crippen LogP contribution >= 0.6 is 22.9 Å². The van der Waals surface area contributed by atoms with Crippen LogP contribution in [0.5, 0.6) is 0 Å². The molecule has 0 spiro atoms. The van der Waals surface area contributed by atoms with Gasteiger partial charge in [-0.2, -0.15) is 0 Å². The first-order chi connectivity index (χ1) is 7.16. The molecule has 0 N–H and O–H groups in total. The minimum Gasteiger partial charge on any atom is -0.292 e. The van der Waals surface area contributed by atoms with E-state index in [1.165, 1.54) is 18.3 Å². The normalized spacial score (nSPS) is 10.3. The molecule has 1 aromatic carbocycles. The molecule has 1 heterocycles. The molecule has 2 nitrogen and oxygen atoms in total. The van der Waals surface area contributed by atoms with E-state index in [1.807, 2.05) is 24.3 Å². The number of benzene rings is 1. The topological polar surface area (TPSA) is 30.0 Å². The van der Waals surface area contributed by atoms with Crippen molar-refractivity contribution in [2.45, 2.75) is 6.92 Å². The van der Waals surface area contributed by atoms with Crippen LogP contribution in [0.3, 0.4) is 0 Å². The number of thiazole rings is 1. The van der Waals surface area contributed by atoms with Gasteiger partial charge in [0, 0.05) is 18.1 Å². The Hall–Kier alpha value is -1.19. The number of aromatic nitrogens is 1. The summed E-state index contributed by atoms with van der Waals surface area (Å²) in [4.78, 5) is 16.1. The number of ketones is 1. The van der Waals surface area contributed by atoms with Crippen LogP contribution in [0, 0.1) is 0 Å². The van der Waals surface area contributed by atoms with Crippen LogP contribution in [0.2, 0.25) is 5.02 Å². The zero-order valence-corrected chi connectivity index (χ0v) is 9.60. The minimum atomic E-state index is 0.000198. The maximum absolute atomic E-state index is 11.1. The summed E-state index contributed by atoms with van der Waals surface area (Å²) in [6.07, 6.45) is 1.71. The monoisotopic (exact) mass is 237 g/mol. The van der Waals surface area contributed by atoms with Crippen molar-refractivity contribution in [3.8, 4) is 10.4 Å². The predicted octanol–water partition coefficient (Wildman–Crippen LogP) is 3.67. The average Bonchev–Trinajstić information content (AvgIpc) is 2.68. The van der Waals surface area contributed by atoms with Crippen LogP contribution in [0.1, 0.15) is 16.7 Å². The van der Waals surface area contributed by atoms with Crippen LogP contribution in [-0.4, -0.2) is 10.8 Å². The Bertz CT molecular complexity index is 490. The molecule has 2 rings (SSSR count). The van der Waals surface area contributed by atoms with Gasteiger partial charge in [0.05, 0.1) is 4.88 Å². The van der Waals surface area contributed by atoms with Gasteiger partial charge in [-0.15, -0.1) is 11.3 Å². The van der Waals surface area contributed by atoms with Gasteiger partial charge in [0.2, 0.25) is 0 Å². The number of rotatable bonds is 2. The van der Waals surface area contributed by atoms with Gasteiger partial charge in [-0.1, -0.05) is 23.7 Å². The van der Waals surface area contributed by atoms with Gasteiger partial charge >= 0.3 is 0 Å². The molecule has 4 heteroatoms. The second-order valence-electron chi connectivity index (χ2n) is 3.09. The first kappa shape index (κ1) is 10.3. The molecular formula is C11H8ClNOS. The molecule has 0 radical (unpaired) electrons. The van der Waals surface area contributed by atoms with Crippen molar-refractivity contribution in [2.24, 2.45) is 0 Å².